The van der Waals surface area contributed by atoms with Gasteiger partial charge in [-0.1, -0.05) is 26.2 Å². The number of carboxylic acid groups (broad SMARTS) is 1. The minimum Gasteiger partial charge on any atom is -0.481 e. The number of amides is 2. The van der Waals surface area contributed by atoms with E-state index >= 15 is 0 Å². The number of hydrogen-bond donors (Lipinski definition) is 3. The normalized spacial score (nSPS) is 33.5. The molecule has 0 bridgehead atoms. The molecule has 0 aliphatic heterocycles. The van der Waals surface area contributed by atoms with E-state index in [1.54, 1.807) is 0 Å². The average molecular weight is 268 g/mol. The maximum Gasteiger partial charge on any atom is 0.315 e. The maximum absolute atomic E-state index is 11.9. The van der Waals surface area contributed by atoms with Crippen LogP contribution in [0.5, 0.6) is 0 Å². The third-order valence-corrected chi connectivity index (χ3v) is 4.30. The number of hydrogen-bond acceptors (Lipinski definition) is 2. The van der Waals surface area contributed by atoms with E-state index in [-0.39, 0.29) is 12.1 Å². The molecule has 0 saturated heterocycles. The lowest BCUT2D eigenvalue weighted by molar-refractivity contribution is -0.143. The number of rotatable bonds is 5. The van der Waals surface area contributed by atoms with Gasteiger partial charge in [-0.15, -0.1) is 0 Å². The molecule has 2 amide bonds. The van der Waals surface area contributed by atoms with E-state index < -0.39 is 11.9 Å². The van der Waals surface area contributed by atoms with Crippen LogP contribution in [0.3, 0.4) is 0 Å². The number of nitrogens with one attached hydrogen (secondary N) is 2. The van der Waals surface area contributed by atoms with Crippen LogP contribution in [-0.4, -0.2) is 29.2 Å². The van der Waals surface area contributed by atoms with Crippen molar-refractivity contribution in [3.8, 4) is 0 Å². The zero-order valence-electron chi connectivity index (χ0n) is 11.5. The Kier molecular flexibility index (Phi) is 4.66. The lowest BCUT2D eigenvalue weighted by Crippen LogP contribution is -2.49. The summed E-state index contributed by atoms with van der Waals surface area (Å²) in [7, 11) is 0. The van der Waals surface area contributed by atoms with Crippen molar-refractivity contribution in [2.75, 3.05) is 0 Å². The Morgan fingerprint density at radius 1 is 1.16 bits per heavy atom. The predicted molar refractivity (Wildman–Crippen MR) is 71.9 cm³/mol. The van der Waals surface area contributed by atoms with E-state index in [0.717, 1.165) is 38.5 Å². The monoisotopic (exact) mass is 268 g/mol. The van der Waals surface area contributed by atoms with E-state index in [1.807, 2.05) is 0 Å². The Bertz CT molecular complexity index is 346. The van der Waals surface area contributed by atoms with Crippen LogP contribution in [0.2, 0.25) is 0 Å². The zero-order chi connectivity index (χ0) is 13.8. The molecular weight excluding hydrogens is 244 g/mol. The molecule has 19 heavy (non-hydrogen) atoms. The van der Waals surface area contributed by atoms with Gasteiger partial charge in [0, 0.05) is 12.1 Å². The van der Waals surface area contributed by atoms with E-state index in [0.29, 0.717) is 18.4 Å². The van der Waals surface area contributed by atoms with Crippen molar-refractivity contribution in [1.82, 2.24) is 10.6 Å². The van der Waals surface area contributed by atoms with E-state index in [9.17, 15) is 9.59 Å². The van der Waals surface area contributed by atoms with Crippen LogP contribution in [0.15, 0.2) is 0 Å². The van der Waals surface area contributed by atoms with Crippen LogP contribution >= 0.6 is 0 Å². The first kappa shape index (κ1) is 14.2. The smallest absolute Gasteiger partial charge is 0.315 e. The first-order chi connectivity index (χ1) is 9.11. The molecule has 3 N–H and O–H groups in total. The Labute approximate surface area is 114 Å². The molecule has 5 nitrogen and oxygen atoms in total. The summed E-state index contributed by atoms with van der Waals surface area (Å²) in [4.78, 5) is 23.0. The first-order valence-electron chi connectivity index (χ1n) is 7.41. The van der Waals surface area contributed by atoms with Gasteiger partial charge in [0.05, 0.1) is 5.92 Å². The van der Waals surface area contributed by atoms with Gasteiger partial charge in [-0.05, 0) is 31.6 Å². The van der Waals surface area contributed by atoms with Crippen LogP contribution in [-0.2, 0) is 4.79 Å². The molecule has 2 rings (SSSR count). The molecule has 5 heteroatoms. The van der Waals surface area contributed by atoms with E-state index in [1.165, 1.54) is 0 Å². The summed E-state index contributed by atoms with van der Waals surface area (Å²) in [5.41, 5.74) is 0. The summed E-state index contributed by atoms with van der Waals surface area (Å²) in [5, 5.41) is 15.0. The summed E-state index contributed by atoms with van der Waals surface area (Å²) < 4.78 is 0. The lowest BCUT2D eigenvalue weighted by Gasteiger charge is -2.29. The second-order valence-corrected chi connectivity index (χ2v) is 5.84. The van der Waals surface area contributed by atoms with Gasteiger partial charge in [0.1, 0.15) is 0 Å². The Balaban J connectivity index is 1.76. The summed E-state index contributed by atoms with van der Waals surface area (Å²) in [6.45, 7) is 2.15. The molecular formula is C14H24N2O3. The molecule has 0 aromatic rings. The van der Waals surface area contributed by atoms with Gasteiger partial charge in [-0.2, -0.15) is 0 Å². The molecule has 108 valence electrons. The summed E-state index contributed by atoms with van der Waals surface area (Å²) >= 11 is 0. The first-order valence-corrected chi connectivity index (χ1v) is 7.41. The predicted octanol–water partition coefficient (Wildman–Crippen LogP) is 2.12. The summed E-state index contributed by atoms with van der Waals surface area (Å²) in [6, 6.07) is -0.108. The van der Waals surface area contributed by atoms with E-state index in [4.69, 9.17) is 5.11 Å². The van der Waals surface area contributed by atoms with Crippen molar-refractivity contribution in [2.24, 2.45) is 11.8 Å². The molecule has 2 fully saturated rings. The summed E-state index contributed by atoms with van der Waals surface area (Å²) in [6.07, 6.45) is 6.75. The SMILES string of the molecule is CCCC1CC1NC(=O)NC1CCCCC1C(=O)O. The number of aliphatic carboxylic acids is 1. The van der Waals surface area contributed by atoms with Crippen LogP contribution in [0.1, 0.15) is 51.9 Å². The highest BCUT2D eigenvalue weighted by molar-refractivity contribution is 5.77. The molecule has 2 saturated carbocycles. The minimum absolute atomic E-state index is 0.193. The number of carboxylic acids is 1. The van der Waals surface area contributed by atoms with Crippen molar-refractivity contribution >= 4 is 12.0 Å². The second kappa shape index (κ2) is 6.26. The van der Waals surface area contributed by atoms with Gasteiger partial charge in [0.25, 0.3) is 0 Å². The molecule has 0 aromatic carbocycles. The second-order valence-electron chi connectivity index (χ2n) is 5.84. The minimum atomic E-state index is -0.791. The number of carbonyl (C=O) groups excluding carboxylic acids is 1. The Hall–Kier alpha value is -1.26. The van der Waals surface area contributed by atoms with Gasteiger partial charge in [0.2, 0.25) is 0 Å². The molecule has 0 aromatic heterocycles. The molecule has 0 spiro atoms. The van der Waals surface area contributed by atoms with Crippen molar-refractivity contribution in [3.05, 3.63) is 0 Å². The maximum atomic E-state index is 11.9. The van der Waals surface area contributed by atoms with Crippen LogP contribution in [0.4, 0.5) is 4.79 Å². The number of urea groups is 1. The zero-order valence-corrected chi connectivity index (χ0v) is 11.5. The van der Waals surface area contributed by atoms with Crippen molar-refractivity contribution in [3.63, 3.8) is 0 Å². The topological polar surface area (TPSA) is 78.4 Å². The van der Waals surface area contributed by atoms with Crippen LogP contribution in [0, 0.1) is 11.8 Å². The van der Waals surface area contributed by atoms with Gasteiger partial charge in [0.15, 0.2) is 0 Å². The van der Waals surface area contributed by atoms with Gasteiger partial charge < -0.3 is 15.7 Å². The highest BCUT2D eigenvalue weighted by Gasteiger charge is 2.38. The molecule has 4 atom stereocenters. The fourth-order valence-corrected chi connectivity index (χ4v) is 3.09. The highest BCUT2D eigenvalue weighted by atomic mass is 16.4. The van der Waals surface area contributed by atoms with Crippen molar-refractivity contribution < 1.29 is 14.7 Å². The average Bonchev–Trinajstić information content (AvgIpc) is 3.07. The van der Waals surface area contributed by atoms with Crippen LogP contribution in [0.25, 0.3) is 0 Å². The molecule has 0 radical (unpaired) electrons. The fourth-order valence-electron chi connectivity index (χ4n) is 3.09. The fraction of sp³-hybridized carbons (Fsp3) is 0.857. The van der Waals surface area contributed by atoms with Gasteiger partial charge in [-0.25, -0.2) is 4.79 Å². The van der Waals surface area contributed by atoms with Gasteiger partial charge in [-0.3, -0.25) is 4.79 Å². The van der Waals surface area contributed by atoms with E-state index in [2.05, 4.69) is 17.6 Å². The quantitative estimate of drug-likeness (QED) is 0.714. The highest BCUT2D eigenvalue weighted by Crippen LogP contribution is 2.34. The van der Waals surface area contributed by atoms with Crippen molar-refractivity contribution in [1.29, 1.82) is 0 Å². The third kappa shape index (κ3) is 3.85. The Morgan fingerprint density at radius 2 is 1.84 bits per heavy atom. The molecule has 2 aliphatic rings. The molecule has 4 unspecified atom stereocenters. The Morgan fingerprint density at radius 3 is 2.53 bits per heavy atom. The largest absolute Gasteiger partial charge is 0.481 e. The third-order valence-electron chi connectivity index (χ3n) is 4.30. The standard InChI is InChI=1S/C14H24N2O3/c1-2-5-9-8-12(9)16-14(19)15-11-7-4-3-6-10(11)13(17)18/h9-12H,2-8H2,1H3,(H,17,18)(H2,15,16,19). The van der Waals surface area contributed by atoms with Crippen molar-refractivity contribution in [2.45, 2.75) is 64.0 Å². The molecule has 2 aliphatic carbocycles. The van der Waals surface area contributed by atoms with Gasteiger partial charge >= 0.3 is 12.0 Å². The lowest BCUT2D eigenvalue weighted by atomic mass is 9.84. The summed E-state index contributed by atoms with van der Waals surface area (Å²) in [5.74, 6) is -0.595. The number of carbonyl (C=O) groups is 2. The molecule has 0 heterocycles. The van der Waals surface area contributed by atoms with Crippen LogP contribution < -0.4 is 10.6 Å².